The van der Waals surface area contributed by atoms with Crippen LogP contribution in [0.4, 0.5) is 9.18 Å². The molecule has 118 valence electrons. The summed E-state index contributed by atoms with van der Waals surface area (Å²) in [4.78, 5) is 26.0. The van der Waals surface area contributed by atoms with Crippen LogP contribution in [0.2, 0.25) is 0 Å². The van der Waals surface area contributed by atoms with Gasteiger partial charge in [0.2, 0.25) is 0 Å². The van der Waals surface area contributed by atoms with Gasteiger partial charge in [-0.3, -0.25) is 9.69 Å². The second-order valence-corrected chi connectivity index (χ2v) is 6.46. The number of carbonyl (C=O) groups excluding carboxylic acids is 2. The van der Waals surface area contributed by atoms with Crippen molar-refractivity contribution in [3.63, 3.8) is 0 Å². The number of nitrogens with one attached hydrogen (secondary N) is 1. The minimum Gasteiger partial charge on any atom is -0.319 e. The summed E-state index contributed by atoms with van der Waals surface area (Å²) in [5.41, 5.74) is -0.170. The second kappa shape index (κ2) is 5.77. The first-order valence-corrected chi connectivity index (χ1v) is 7.84. The number of hydrogen-bond acceptors (Lipinski definition) is 2. The quantitative estimate of drug-likeness (QED) is 0.832. The van der Waals surface area contributed by atoms with E-state index in [4.69, 9.17) is 0 Å². The van der Waals surface area contributed by atoms with E-state index in [1.54, 1.807) is 43.3 Å². The number of urea groups is 1. The summed E-state index contributed by atoms with van der Waals surface area (Å²) in [6.07, 6.45) is 0. The predicted octanol–water partition coefficient (Wildman–Crippen LogP) is 3.56. The summed E-state index contributed by atoms with van der Waals surface area (Å²) in [7, 11) is 0. The third-order valence-corrected chi connectivity index (χ3v) is 4.46. The topological polar surface area (TPSA) is 49.4 Å². The summed E-state index contributed by atoms with van der Waals surface area (Å²) in [6, 6.07) is 12.9. The van der Waals surface area contributed by atoms with Crippen LogP contribution in [-0.4, -0.2) is 16.8 Å². The van der Waals surface area contributed by atoms with E-state index < -0.39 is 23.3 Å². The molecule has 23 heavy (non-hydrogen) atoms. The van der Waals surface area contributed by atoms with Crippen molar-refractivity contribution >= 4 is 27.9 Å². The fourth-order valence-electron chi connectivity index (χ4n) is 2.64. The number of halogens is 2. The van der Waals surface area contributed by atoms with Crippen LogP contribution in [0.1, 0.15) is 18.1 Å². The molecule has 0 saturated carbocycles. The summed E-state index contributed by atoms with van der Waals surface area (Å²) >= 11 is 3.26. The molecule has 1 heterocycles. The summed E-state index contributed by atoms with van der Waals surface area (Å²) in [5.74, 6) is -0.852. The molecule has 0 aromatic heterocycles. The molecule has 1 unspecified atom stereocenters. The van der Waals surface area contributed by atoms with Crippen LogP contribution >= 0.6 is 15.9 Å². The van der Waals surface area contributed by atoms with Crippen LogP contribution in [0.3, 0.4) is 0 Å². The maximum absolute atomic E-state index is 13.9. The lowest BCUT2D eigenvalue weighted by Gasteiger charge is -2.22. The molecule has 6 heteroatoms. The van der Waals surface area contributed by atoms with E-state index in [1.807, 2.05) is 6.07 Å². The molecule has 0 bridgehead atoms. The second-order valence-electron chi connectivity index (χ2n) is 5.55. The van der Waals surface area contributed by atoms with Crippen molar-refractivity contribution in [2.45, 2.75) is 19.0 Å². The molecule has 1 aliphatic heterocycles. The standard InChI is InChI=1S/C17H14BrFN2O2/c1-17(12-5-3-2-4-6-12)15(22)21(16(23)20-17)10-11-9-13(18)7-8-14(11)19/h2-9H,10H2,1H3,(H,20,23). The number of imide groups is 1. The van der Waals surface area contributed by atoms with Gasteiger partial charge in [0.15, 0.2) is 0 Å². The summed E-state index contributed by atoms with van der Waals surface area (Å²) < 4.78 is 14.6. The van der Waals surface area contributed by atoms with Gasteiger partial charge in [-0.25, -0.2) is 9.18 Å². The zero-order valence-corrected chi connectivity index (χ0v) is 13.9. The lowest BCUT2D eigenvalue weighted by Crippen LogP contribution is -2.40. The Morgan fingerprint density at radius 2 is 1.87 bits per heavy atom. The fourth-order valence-corrected chi connectivity index (χ4v) is 3.05. The van der Waals surface area contributed by atoms with Crippen molar-refractivity contribution in [2.75, 3.05) is 0 Å². The molecule has 1 saturated heterocycles. The highest BCUT2D eigenvalue weighted by Crippen LogP contribution is 2.30. The Morgan fingerprint density at radius 3 is 2.57 bits per heavy atom. The first kappa shape index (κ1) is 15.7. The van der Waals surface area contributed by atoms with Gasteiger partial charge in [-0.05, 0) is 30.7 Å². The smallest absolute Gasteiger partial charge is 0.319 e. The molecule has 0 aliphatic carbocycles. The van der Waals surface area contributed by atoms with E-state index in [0.717, 1.165) is 4.90 Å². The Hall–Kier alpha value is -2.21. The van der Waals surface area contributed by atoms with Crippen LogP contribution in [0.25, 0.3) is 0 Å². The fraction of sp³-hybridized carbons (Fsp3) is 0.176. The van der Waals surface area contributed by atoms with E-state index >= 15 is 0 Å². The van der Waals surface area contributed by atoms with E-state index in [9.17, 15) is 14.0 Å². The van der Waals surface area contributed by atoms with Gasteiger partial charge < -0.3 is 5.32 Å². The molecule has 0 spiro atoms. The lowest BCUT2D eigenvalue weighted by molar-refractivity contribution is -0.131. The molecule has 4 nitrogen and oxygen atoms in total. The molecule has 1 atom stereocenters. The Kier molecular flexibility index (Phi) is 3.93. The Morgan fingerprint density at radius 1 is 1.17 bits per heavy atom. The zero-order valence-electron chi connectivity index (χ0n) is 12.3. The Bertz CT molecular complexity index is 781. The van der Waals surface area contributed by atoms with Crippen LogP contribution in [0.5, 0.6) is 0 Å². The number of amides is 3. The van der Waals surface area contributed by atoms with Gasteiger partial charge in [0.1, 0.15) is 11.4 Å². The molecular weight excluding hydrogens is 363 g/mol. The molecule has 1 N–H and O–H groups in total. The first-order chi connectivity index (χ1) is 10.9. The van der Waals surface area contributed by atoms with Crippen LogP contribution in [-0.2, 0) is 16.9 Å². The van der Waals surface area contributed by atoms with Crippen molar-refractivity contribution in [1.29, 1.82) is 0 Å². The highest BCUT2D eigenvalue weighted by Gasteiger charge is 2.48. The van der Waals surface area contributed by atoms with Gasteiger partial charge in [0.25, 0.3) is 5.91 Å². The van der Waals surface area contributed by atoms with Crippen molar-refractivity contribution in [3.8, 4) is 0 Å². The van der Waals surface area contributed by atoms with Gasteiger partial charge in [-0.1, -0.05) is 46.3 Å². The molecular formula is C17H14BrFN2O2. The third-order valence-electron chi connectivity index (χ3n) is 3.96. The average molecular weight is 377 g/mol. The zero-order chi connectivity index (χ0) is 16.6. The van der Waals surface area contributed by atoms with Crippen LogP contribution in [0, 0.1) is 5.82 Å². The van der Waals surface area contributed by atoms with E-state index in [2.05, 4.69) is 21.2 Å². The molecule has 1 aliphatic rings. The lowest BCUT2D eigenvalue weighted by atomic mass is 9.92. The van der Waals surface area contributed by atoms with Gasteiger partial charge >= 0.3 is 6.03 Å². The minimum atomic E-state index is -1.14. The number of hydrogen-bond donors (Lipinski definition) is 1. The summed E-state index contributed by atoms with van der Waals surface area (Å²) in [6.45, 7) is 1.54. The first-order valence-electron chi connectivity index (χ1n) is 7.05. The Labute approximate surface area is 141 Å². The van der Waals surface area contributed by atoms with Gasteiger partial charge in [0, 0.05) is 10.0 Å². The average Bonchev–Trinajstić information content (AvgIpc) is 2.76. The van der Waals surface area contributed by atoms with Crippen molar-refractivity contribution < 1.29 is 14.0 Å². The monoisotopic (exact) mass is 376 g/mol. The maximum atomic E-state index is 13.9. The minimum absolute atomic E-state index is 0.113. The van der Waals surface area contributed by atoms with Crippen LogP contribution in [0.15, 0.2) is 53.0 Å². The van der Waals surface area contributed by atoms with E-state index in [1.165, 1.54) is 6.07 Å². The van der Waals surface area contributed by atoms with Gasteiger partial charge in [0.05, 0.1) is 6.54 Å². The van der Waals surface area contributed by atoms with Crippen molar-refractivity contribution in [3.05, 3.63) is 69.9 Å². The van der Waals surface area contributed by atoms with Crippen molar-refractivity contribution in [1.82, 2.24) is 10.2 Å². The SMILES string of the molecule is CC1(c2ccccc2)NC(=O)N(Cc2cc(Br)ccc2F)C1=O. The molecule has 3 amide bonds. The van der Waals surface area contributed by atoms with Crippen LogP contribution < -0.4 is 5.32 Å². The third kappa shape index (κ3) is 2.74. The highest BCUT2D eigenvalue weighted by atomic mass is 79.9. The highest BCUT2D eigenvalue weighted by molar-refractivity contribution is 9.10. The predicted molar refractivity (Wildman–Crippen MR) is 87.0 cm³/mol. The molecule has 1 fully saturated rings. The number of rotatable bonds is 3. The molecule has 2 aromatic carbocycles. The largest absolute Gasteiger partial charge is 0.325 e. The molecule has 2 aromatic rings. The normalized spacial score (nSPS) is 20.7. The number of benzene rings is 2. The van der Waals surface area contributed by atoms with Gasteiger partial charge in [-0.15, -0.1) is 0 Å². The maximum Gasteiger partial charge on any atom is 0.325 e. The van der Waals surface area contributed by atoms with E-state index in [0.29, 0.717) is 10.0 Å². The van der Waals surface area contributed by atoms with Crippen molar-refractivity contribution in [2.24, 2.45) is 0 Å². The van der Waals surface area contributed by atoms with E-state index in [-0.39, 0.29) is 12.1 Å². The number of carbonyl (C=O) groups is 2. The Balaban J connectivity index is 1.92. The molecule has 0 radical (unpaired) electrons. The van der Waals surface area contributed by atoms with Gasteiger partial charge in [-0.2, -0.15) is 0 Å². The number of nitrogens with zero attached hydrogens (tertiary/aromatic N) is 1. The summed E-state index contributed by atoms with van der Waals surface area (Å²) in [5, 5.41) is 2.70. The molecule has 3 rings (SSSR count).